The summed E-state index contributed by atoms with van der Waals surface area (Å²) in [6.45, 7) is 10.3. The number of aryl methyl sites for hydroxylation is 1. The Kier molecular flexibility index (Phi) is 5.62. The molecule has 2 rings (SSSR count). The SMILES string of the molecule is CCc1n[nH]c(CN2CCC[C@@H](N(C)C(=O)OC(C)(C)C)C2)n1. The Balaban J connectivity index is 1.90. The molecular weight excluding hydrogens is 294 g/mol. The van der Waals surface area contributed by atoms with E-state index in [0.717, 1.165) is 50.5 Å². The molecular formula is C16H29N5O2. The number of amides is 1. The van der Waals surface area contributed by atoms with Crippen molar-refractivity contribution in [3.05, 3.63) is 11.6 Å². The molecule has 1 fully saturated rings. The summed E-state index contributed by atoms with van der Waals surface area (Å²) < 4.78 is 5.46. The lowest BCUT2D eigenvalue weighted by Crippen LogP contribution is -2.49. The summed E-state index contributed by atoms with van der Waals surface area (Å²) >= 11 is 0. The topological polar surface area (TPSA) is 74.4 Å². The van der Waals surface area contributed by atoms with E-state index < -0.39 is 5.60 Å². The highest BCUT2D eigenvalue weighted by Gasteiger charge is 2.29. The van der Waals surface area contributed by atoms with E-state index in [1.165, 1.54) is 0 Å². The lowest BCUT2D eigenvalue weighted by atomic mass is 10.0. The number of hydrogen-bond donors (Lipinski definition) is 1. The van der Waals surface area contributed by atoms with Crippen LogP contribution in [0.25, 0.3) is 0 Å². The molecule has 0 bridgehead atoms. The highest BCUT2D eigenvalue weighted by atomic mass is 16.6. The number of hydrogen-bond acceptors (Lipinski definition) is 5. The standard InChI is InChI=1S/C16H29N5O2/c1-6-13-17-14(19-18-13)11-21-9-7-8-12(10-21)20(5)15(22)23-16(2,3)4/h12H,6-11H2,1-5H3,(H,17,18,19)/t12-/m1/s1. The quantitative estimate of drug-likeness (QED) is 0.919. The van der Waals surface area contributed by atoms with Gasteiger partial charge in [-0.15, -0.1) is 0 Å². The Morgan fingerprint density at radius 2 is 2.22 bits per heavy atom. The van der Waals surface area contributed by atoms with Crippen LogP contribution in [0, 0.1) is 0 Å². The van der Waals surface area contributed by atoms with Crippen LogP contribution < -0.4 is 0 Å². The third kappa shape index (κ3) is 5.20. The van der Waals surface area contributed by atoms with E-state index in [1.807, 2.05) is 34.7 Å². The maximum atomic E-state index is 12.2. The van der Waals surface area contributed by atoms with Crippen LogP contribution in [0.2, 0.25) is 0 Å². The van der Waals surface area contributed by atoms with Gasteiger partial charge in [-0.1, -0.05) is 6.92 Å². The number of nitrogens with one attached hydrogen (secondary N) is 1. The van der Waals surface area contributed by atoms with E-state index in [2.05, 4.69) is 20.1 Å². The number of carbonyl (C=O) groups is 1. The second-order valence-corrected chi connectivity index (χ2v) is 7.17. The van der Waals surface area contributed by atoms with Crippen LogP contribution in [0.1, 0.15) is 52.2 Å². The van der Waals surface area contributed by atoms with Gasteiger partial charge in [0.1, 0.15) is 17.2 Å². The Labute approximate surface area is 138 Å². The summed E-state index contributed by atoms with van der Waals surface area (Å²) in [5, 5.41) is 7.17. The van der Waals surface area contributed by atoms with E-state index in [9.17, 15) is 4.79 Å². The second-order valence-electron chi connectivity index (χ2n) is 7.17. The molecule has 1 aliphatic heterocycles. The van der Waals surface area contributed by atoms with Crippen molar-refractivity contribution in [2.75, 3.05) is 20.1 Å². The molecule has 0 saturated carbocycles. The predicted octanol–water partition coefficient (Wildman–Crippen LogP) is 2.20. The molecule has 1 aromatic rings. The summed E-state index contributed by atoms with van der Waals surface area (Å²) in [4.78, 5) is 20.7. The Hall–Kier alpha value is -1.63. The number of carbonyl (C=O) groups excluding carboxylic acids is 1. The third-order valence-electron chi connectivity index (χ3n) is 3.98. The number of H-pyrrole nitrogens is 1. The number of aromatic nitrogens is 3. The first-order valence-electron chi connectivity index (χ1n) is 8.37. The molecule has 7 heteroatoms. The van der Waals surface area contributed by atoms with Crippen molar-refractivity contribution in [1.82, 2.24) is 25.0 Å². The molecule has 1 aliphatic rings. The Morgan fingerprint density at radius 3 is 2.83 bits per heavy atom. The van der Waals surface area contributed by atoms with E-state index in [1.54, 1.807) is 4.90 Å². The fourth-order valence-corrected chi connectivity index (χ4v) is 2.75. The minimum absolute atomic E-state index is 0.173. The second kappa shape index (κ2) is 7.29. The number of likely N-dealkylation sites (tertiary alicyclic amines) is 1. The van der Waals surface area contributed by atoms with Crippen LogP contribution in [0.4, 0.5) is 4.79 Å². The summed E-state index contributed by atoms with van der Waals surface area (Å²) in [6, 6.07) is 0.173. The highest BCUT2D eigenvalue weighted by molar-refractivity contribution is 5.68. The zero-order valence-corrected chi connectivity index (χ0v) is 14.9. The summed E-state index contributed by atoms with van der Waals surface area (Å²) in [7, 11) is 1.83. The number of piperidine rings is 1. The predicted molar refractivity (Wildman–Crippen MR) is 88.1 cm³/mol. The van der Waals surface area contributed by atoms with E-state index in [-0.39, 0.29) is 12.1 Å². The van der Waals surface area contributed by atoms with Crippen molar-refractivity contribution in [3.63, 3.8) is 0 Å². The Bertz CT molecular complexity index is 523. The zero-order valence-electron chi connectivity index (χ0n) is 14.9. The molecule has 1 saturated heterocycles. The molecule has 1 aromatic heterocycles. The maximum absolute atomic E-state index is 12.2. The maximum Gasteiger partial charge on any atom is 0.410 e. The molecule has 23 heavy (non-hydrogen) atoms. The molecule has 0 radical (unpaired) electrons. The summed E-state index contributed by atoms with van der Waals surface area (Å²) in [5.41, 5.74) is -0.462. The van der Waals surface area contributed by atoms with Crippen molar-refractivity contribution in [2.45, 2.75) is 65.1 Å². The van der Waals surface area contributed by atoms with Gasteiger partial charge in [-0.3, -0.25) is 10.00 Å². The minimum atomic E-state index is -0.462. The molecule has 2 heterocycles. The number of nitrogens with zero attached hydrogens (tertiary/aromatic N) is 4. The van der Waals surface area contributed by atoms with Gasteiger partial charge in [0, 0.05) is 26.1 Å². The van der Waals surface area contributed by atoms with Crippen molar-refractivity contribution in [3.8, 4) is 0 Å². The molecule has 0 aliphatic carbocycles. The van der Waals surface area contributed by atoms with Gasteiger partial charge in [0.2, 0.25) is 0 Å². The van der Waals surface area contributed by atoms with E-state index in [0.29, 0.717) is 0 Å². The fourth-order valence-electron chi connectivity index (χ4n) is 2.75. The molecule has 0 unspecified atom stereocenters. The normalized spacial score (nSPS) is 19.6. The van der Waals surface area contributed by atoms with Gasteiger partial charge >= 0.3 is 6.09 Å². The summed E-state index contributed by atoms with van der Waals surface area (Å²) in [5.74, 6) is 1.74. The van der Waals surface area contributed by atoms with Gasteiger partial charge in [0.05, 0.1) is 6.54 Å². The first-order valence-corrected chi connectivity index (χ1v) is 8.37. The molecule has 0 spiro atoms. The average molecular weight is 323 g/mol. The first kappa shape index (κ1) is 17.7. The molecule has 130 valence electrons. The molecule has 0 aromatic carbocycles. The molecule has 7 nitrogen and oxygen atoms in total. The van der Waals surface area contributed by atoms with Crippen molar-refractivity contribution < 1.29 is 9.53 Å². The van der Waals surface area contributed by atoms with E-state index in [4.69, 9.17) is 4.74 Å². The van der Waals surface area contributed by atoms with Gasteiger partial charge in [-0.25, -0.2) is 9.78 Å². The highest BCUT2D eigenvalue weighted by Crippen LogP contribution is 2.18. The first-order chi connectivity index (χ1) is 10.8. The van der Waals surface area contributed by atoms with Crippen LogP contribution in [-0.4, -0.2) is 62.9 Å². The number of ether oxygens (including phenoxy) is 1. The van der Waals surface area contributed by atoms with Gasteiger partial charge in [-0.2, -0.15) is 5.10 Å². The summed E-state index contributed by atoms with van der Waals surface area (Å²) in [6.07, 6.45) is 2.65. The lowest BCUT2D eigenvalue weighted by Gasteiger charge is -2.37. The molecule has 1 amide bonds. The smallest absolute Gasteiger partial charge is 0.410 e. The molecule has 1 N–H and O–H groups in total. The zero-order chi connectivity index (χ0) is 17.0. The van der Waals surface area contributed by atoms with Gasteiger partial charge in [0.25, 0.3) is 0 Å². The number of likely N-dealkylation sites (N-methyl/N-ethyl adjacent to an activating group) is 1. The fraction of sp³-hybridized carbons (Fsp3) is 0.812. The monoisotopic (exact) mass is 323 g/mol. The van der Waals surface area contributed by atoms with Gasteiger partial charge in [0.15, 0.2) is 0 Å². The number of aromatic amines is 1. The van der Waals surface area contributed by atoms with E-state index >= 15 is 0 Å². The Morgan fingerprint density at radius 1 is 1.48 bits per heavy atom. The van der Waals surface area contributed by atoms with Crippen molar-refractivity contribution >= 4 is 6.09 Å². The van der Waals surface area contributed by atoms with Crippen LogP contribution in [0.5, 0.6) is 0 Å². The van der Waals surface area contributed by atoms with Crippen LogP contribution in [-0.2, 0) is 17.7 Å². The van der Waals surface area contributed by atoms with Crippen LogP contribution in [0.15, 0.2) is 0 Å². The van der Waals surface area contributed by atoms with Gasteiger partial charge in [-0.05, 0) is 40.2 Å². The largest absolute Gasteiger partial charge is 0.444 e. The molecule has 1 atom stereocenters. The lowest BCUT2D eigenvalue weighted by molar-refractivity contribution is 0.0128. The van der Waals surface area contributed by atoms with Gasteiger partial charge < -0.3 is 9.64 Å². The third-order valence-corrected chi connectivity index (χ3v) is 3.98. The van der Waals surface area contributed by atoms with Crippen molar-refractivity contribution in [2.24, 2.45) is 0 Å². The van der Waals surface area contributed by atoms with Crippen molar-refractivity contribution in [1.29, 1.82) is 0 Å². The average Bonchev–Trinajstić information content (AvgIpc) is 2.92. The number of rotatable bonds is 4. The minimum Gasteiger partial charge on any atom is -0.444 e. The van der Waals surface area contributed by atoms with Crippen LogP contribution in [0.3, 0.4) is 0 Å². The van der Waals surface area contributed by atoms with Crippen LogP contribution >= 0.6 is 0 Å².